The highest BCUT2D eigenvalue weighted by molar-refractivity contribution is 5.59. The second-order valence-electron chi connectivity index (χ2n) is 4.94. The molecule has 100 valence electrons. The first-order valence-corrected chi connectivity index (χ1v) is 6.93. The Kier molecular flexibility index (Phi) is 2.79. The van der Waals surface area contributed by atoms with Crippen LogP contribution in [0.15, 0.2) is 84.0 Å². The zero-order valence-corrected chi connectivity index (χ0v) is 11.4. The molecule has 0 saturated heterocycles. The first kappa shape index (κ1) is 11.9. The zero-order valence-electron chi connectivity index (χ0n) is 11.4. The second-order valence-corrected chi connectivity index (χ2v) is 4.94. The Morgan fingerprint density at radius 2 is 1.19 bits per heavy atom. The van der Waals surface area contributed by atoms with Gasteiger partial charge in [0.1, 0.15) is 5.36 Å². The van der Waals surface area contributed by atoms with E-state index in [-0.39, 0.29) is 0 Å². The van der Waals surface area contributed by atoms with Crippen molar-refractivity contribution in [2.75, 3.05) is 0 Å². The van der Waals surface area contributed by atoms with Crippen LogP contribution in [0.2, 0.25) is 0 Å². The highest BCUT2D eigenvalue weighted by Crippen LogP contribution is 2.13. The van der Waals surface area contributed by atoms with E-state index in [0.29, 0.717) is 0 Å². The summed E-state index contributed by atoms with van der Waals surface area (Å²) in [6, 6.07) is 26.4. The lowest BCUT2D eigenvalue weighted by molar-refractivity contribution is 0.281. The van der Waals surface area contributed by atoms with E-state index < -0.39 is 0 Å². The molecule has 0 N–H and O–H groups in total. The molecule has 0 aromatic heterocycles. The summed E-state index contributed by atoms with van der Waals surface area (Å²) in [7, 11) is 0. The number of rotatable bonds is 1. The van der Waals surface area contributed by atoms with Gasteiger partial charge in [-0.2, -0.15) is 0 Å². The minimum absolute atomic E-state index is 0.794. The van der Waals surface area contributed by atoms with Crippen molar-refractivity contribution in [2.24, 2.45) is 5.16 Å². The third-order valence-electron chi connectivity index (χ3n) is 3.64. The summed E-state index contributed by atoms with van der Waals surface area (Å²) in [6.07, 6.45) is 0. The van der Waals surface area contributed by atoms with Crippen LogP contribution in [0.25, 0.3) is 5.76 Å². The van der Waals surface area contributed by atoms with Gasteiger partial charge in [-0.25, -0.2) is 0 Å². The molecule has 1 aliphatic rings. The lowest BCUT2D eigenvalue weighted by Gasteiger charge is -2.04. The third kappa shape index (κ3) is 2.01. The normalized spacial score (nSPS) is 12.5. The first-order chi connectivity index (χ1) is 10.4. The highest BCUT2D eigenvalue weighted by Gasteiger charge is 2.08. The molecule has 2 nitrogen and oxygen atoms in total. The zero-order chi connectivity index (χ0) is 14.1. The van der Waals surface area contributed by atoms with E-state index in [4.69, 9.17) is 4.84 Å². The SMILES string of the molecule is c1ccc(C2=c3ccccc3=c3ccccc3=NO2)cc1. The molecule has 1 heterocycles. The summed E-state index contributed by atoms with van der Waals surface area (Å²) in [5.41, 5.74) is 1.03. The van der Waals surface area contributed by atoms with E-state index >= 15 is 0 Å². The van der Waals surface area contributed by atoms with Crippen LogP contribution in [0, 0.1) is 10.4 Å². The van der Waals surface area contributed by atoms with Crippen molar-refractivity contribution in [3.05, 3.63) is 105 Å². The van der Waals surface area contributed by atoms with Crippen LogP contribution in [0.4, 0.5) is 0 Å². The van der Waals surface area contributed by atoms with E-state index in [1.165, 1.54) is 0 Å². The van der Waals surface area contributed by atoms with Gasteiger partial charge in [-0.1, -0.05) is 78.0 Å². The summed E-state index contributed by atoms with van der Waals surface area (Å²) in [5.74, 6) is 0.794. The monoisotopic (exact) mass is 271 g/mol. The molecule has 0 unspecified atom stereocenters. The van der Waals surface area contributed by atoms with E-state index in [0.717, 1.165) is 32.3 Å². The molecule has 2 heteroatoms. The molecule has 21 heavy (non-hydrogen) atoms. The summed E-state index contributed by atoms with van der Waals surface area (Å²) in [4.78, 5) is 5.78. The van der Waals surface area contributed by atoms with Crippen LogP contribution < -0.4 is 10.6 Å². The van der Waals surface area contributed by atoms with Crippen molar-refractivity contribution in [1.29, 1.82) is 0 Å². The quantitative estimate of drug-likeness (QED) is 0.667. The van der Waals surface area contributed by atoms with Crippen LogP contribution in [0.3, 0.4) is 0 Å². The topological polar surface area (TPSA) is 21.6 Å². The van der Waals surface area contributed by atoms with Gasteiger partial charge in [-0.3, -0.25) is 0 Å². The highest BCUT2D eigenvalue weighted by atomic mass is 16.6. The van der Waals surface area contributed by atoms with Crippen molar-refractivity contribution < 1.29 is 4.84 Å². The predicted octanol–water partition coefficient (Wildman–Crippen LogP) is 2.69. The number of hydrogen-bond donors (Lipinski definition) is 0. The first-order valence-electron chi connectivity index (χ1n) is 6.93. The van der Waals surface area contributed by atoms with Crippen LogP contribution in [0.1, 0.15) is 5.56 Å². The van der Waals surface area contributed by atoms with Crippen molar-refractivity contribution >= 4 is 5.76 Å². The standard InChI is InChI=1S/C19H13NO/c1-2-8-14(9-3-1)19-17-12-5-4-10-15(17)16-11-6-7-13-18(16)20-21-19/h1-13H. The predicted molar refractivity (Wildman–Crippen MR) is 81.4 cm³/mol. The molecular weight excluding hydrogens is 258 g/mol. The molecule has 3 aromatic rings. The molecular formula is C19H13NO. The third-order valence-corrected chi connectivity index (χ3v) is 3.64. The van der Waals surface area contributed by atoms with E-state index in [1.54, 1.807) is 0 Å². The van der Waals surface area contributed by atoms with Crippen molar-refractivity contribution in [3.63, 3.8) is 0 Å². The Morgan fingerprint density at radius 3 is 2.00 bits per heavy atom. The summed E-state index contributed by atoms with van der Waals surface area (Å²) in [6.45, 7) is 0. The fourth-order valence-electron chi connectivity index (χ4n) is 2.64. The van der Waals surface area contributed by atoms with E-state index in [1.807, 2.05) is 60.7 Å². The Bertz CT molecular complexity index is 1010. The Hall–Kier alpha value is -2.87. The molecule has 0 aliphatic carbocycles. The molecule has 0 amide bonds. The largest absolute Gasteiger partial charge is 0.355 e. The molecule has 0 fully saturated rings. The Labute approximate surface area is 121 Å². The summed E-state index contributed by atoms with van der Waals surface area (Å²) >= 11 is 0. The van der Waals surface area contributed by atoms with Gasteiger partial charge < -0.3 is 4.84 Å². The maximum Gasteiger partial charge on any atom is 0.173 e. The number of fused-ring (bicyclic) bond motifs is 2. The fraction of sp³-hybridized carbons (Fsp3) is 0. The minimum atomic E-state index is 0.794. The average molecular weight is 271 g/mol. The van der Waals surface area contributed by atoms with Crippen molar-refractivity contribution in [2.45, 2.75) is 0 Å². The van der Waals surface area contributed by atoms with Crippen LogP contribution in [-0.4, -0.2) is 0 Å². The van der Waals surface area contributed by atoms with Gasteiger partial charge in [0.15, 0.2) is 5.76 Å². The smallest absolute Gasteiger partial charge is 0.173 e. The molecule has 1 aliphatic heterocycles. The second kappa shape index (κ2) is 4.91. The van der Waals surface area contributed by atoms with E-state index in [9.17, 15) is 0 Å². The minimum Gasteiger partial charge on any atom is -0.355 e. The summed E-state index contributed by atoms with van der Waals surface area (Å²) < 4.78 is 0. The van der Waals surface area contributed by atoms with Crippen molar-refractivity contribution in [3.8, 4) is 0 Å². The molecule has 0 saturated carbocycles. The van der Waals surface area contributed by atoms with Gasteiger partial charge in [0.2, 0.25) is 0 Å². The molecule has 4 rings (SSSR count). The summed E-state index contributed by atoms with van der Waals surface area (Å²) in [5, 5.41) is 8.49. The van der Waals surface area contributed by atoms with Gasteiger partial charge in [0, 0.05) is 16.0 Å². The molecule has 0 spiro atoms. The molecule has 0 atom stereocenters. The average Bonchev–Trinajstić information content (AvgIpc) is 2.73. The van der Waals surface area contributed by atoms with Gasteiger partial charge >= 0.3 is 0 Å². The lowest BCUT2D eigenvalue weighted by Crippen LogP contribution is -2.10. The van der Waals surface area contributed by atoms with Crippen molar-refractivity contribution in [1.82, 2.24) is 0 Å². The van der Waals surface area contributed by atoms with Crippen LogP contribution in [0.5, 0.6) is 0 Å². The maximum absolute atomic E-state index is 5.78. The number of hydrogen-bond acceptors (Lipinski definition) is 2. The number of benzene rings is 3. The van der Waals surface area contributed by atoms with Gasteiger partial charge in [-0.15, -0.1) is 0 Å². The molecule has 0 radical (unpaired) electrons. The Balaban J connectivity index is 2.24. The maximum atomic E-state index is 5.78. The number of nitrogens with zero attached hydrogens (tertiary/aromatic N) is 1. The van der Waals surface area contributed by atoms with Crippen LogP contribution in [-0.2, 0) is 4.84 Å². The fourth-order valence-corrected chi connectivity index (χ4v) is 2.64. The van der Waals surface area contributed by atoms with Gasteiger partial charge in [0.25, 0.3) is 0 Å². The van der Waals surface area contributed by atoms with Crippen LogP contribution >= 0.6 is 0 Å². The molecule has 0 bridgehead atoms. The van der Waals surface area contributed by atoms with E-state index in [2.05, 4.69) is 23.4 Å². The lowest BCUT2D eigenvalue weighted by atomic mass is 10.1. The Morgan fingerprint density at radius 1 is 0.571 bits per heavy atom. The molecule has 3 aromatic carbocycles. The van der Waals surface area contributed by atoms with Gasteiger partial charge in [-0.05, 0) is 11.3 Å². The van der Waals surface area contributed by atoms with Gasteiger partial charge in [0.05, 0.1) is 0 Å².